The molecule has 0 fully saturated rings. The number of hydrogen-bond acceptors (Lipinski definition) is 5. The summed E-state index contributed by atoms with van der Waals surface area (Å²) in [5.74, 6) is 1.68. The van der Waals surface area contributed by atoms with Gasteiger partial charge in [-0.05, 0) is 75.0 Å². The van der Waals surface area contributed by atoms with Crippen molar-refractivity contribution in [2.24, 2.45) is 0 Å². The highest BCUT2D eigenvalue weighted by atomic mass is 32.2. The summed E-state index contributed by atoms with van der Waals surface area (Å²) in [6, 6.07) is 61.1. The molecule has 0 radical (unpaired) electrons. The Labute approximate surface area is 331 Å². The molecule has 0 bridgehead atoms. The lowest BCUT2D eigenvalue weighted by atomic mass is 9.62. The zero-order valence-electron chi connectivity index (χ0n) is 30.9. The normalized spacial score (nSPS) is 15.8. The average molecular weight is 752 g/mol. The first-order valence-corrected chi connectivity index (χ1v) is 20.5. The Morgan fingerprint density at radius 3 is 1.75 bits per heavy atom. The Kier molecular flexibility index (Phi) is 7.31. The van der Waals surface area contributed by atoms with Gasteiger partial charge < -0.3 is 0 Å². The molecule has 0 saturated carbocycles. The zero-order valence-corrected chi connectivity index (χ0v) is 31.7. The van der Waals surface area contributed by atoms with Crippen LogP contribution in [0.5, 0.6) is 0 Å². The van der Waals surface area contributed by atoms with Gasteiger partial charge in [0.2, 0.25) is 9.84 Å². The number of hydrogen-bond donors (Lipinski definition) is 0. The van der Waals surface area contributed by atoms with E-state index in [1.54, 1.807) is 6.07 Å². The van der Waals surface area contributed by atoms with Crippen molar-refractivity contribution in [3.05, 3.63) is 210 Å². The summed E-state index contributed by atoms with van der Waals surface area (Å²) in [6.07, 6.45) is 0. The van der Waals surface area contributed by atoms with Crippen LogP contribution in [-0.4, -0.2) is 23.4 Å². The van der Waals surface area contributed by atoms with E-state index in [0.29, 0.717) is 38.2 Å². The number of aryl methyl sites for hydroxylation is 1. The Hall–Kier alpha value is -7.02. The summed E-state index contributed by atoms with van der Waals surface area (Å²) >= 11 is 0. The van der Waals surface area contributed by atoms with Gasteiger partial charge in [-0.25, -0.2) is 23.4 Å². The summed E-state index contributed by atoms with van der Waals surface area (Å²) < 4.78 is 30.2. The molecule has 0 saturated heterocycles. The van der Waals surface area contributed by atoms with Crippen LogP contribution >= 0.6 is 0 Å². The molecule has 1 atom stereocenters. The molecule has 6 heteroatoms. The molecule has 0 amide bonds. The summed E-state index contributed by atoms with van der Waals surface area (Å²) in [5.41, 5.74) is 10.2. The highest BCUT2D eigenvalue weighted by Gasteiger charge is 2.52. The minimum Gasteiger partial charge on any atom is -0.218 e. The molecule has 11 rings (SSSR count). The van der Waals surface area contributed by atoms with Gasteiger partial charge in [0.05, 0.1) is 15.2 Å². The Morgan fingerprint density at radius 1 is 0.421 bits per heavy atom. The molecule has 0 N–H and O–H groups in total. The molecule has 5 nitrogen and oxygen atoms in total. The number of fused-ring (bicyclic) bond motifs is 13. The molecule has 57 heavy (non-hydrogen) atoms. The van der Waals surface area contributed by atoms with Crippen LogP contribution < -0.4 is 0 Å². The zero-order chi connectivity index (χ0) is 38.3. The molecule has 1 aliphatic heterocycles. The van der Waals surface area contributed by atoms with E-state index in [0.717, 1.165) is 66.6 Å². The van der Waals surface area contributed by atoms with Crippen LogP contribution in [-0.2, 0) is 15.3 Å². The fraction of sp³-hybridized carbons (Fsp3) is 0.0392. The van der Waals surface area contributed by atoms with Crippen molar-refractivity contribution < 1.29 is 8.42 Å². The molecular weight excluding hydrogens is 719 g/mol. The van der Waals surface area contributed by atoms with Crippen molar-refractivity contribution >= 4 is 20.6 Å². The van der Waals surface area contributed by atoms with E-state index in [9.17, 15) is 0 Å². The SMILES string of the molecule is Cc1cccc(-c2nc(-c3ccccc3)nc(-c3ccc4c(c3)C3(c5ccccc5-c5ccccc5-4)c4ccccc4S(=O)(=O)c4c3ccc3ccccc43)n2)c1. The second kappa shape index (κ2) is 12.5. The van der Waals surface area contributed by atoms with Crippen molar-refractivity contribution in [3.63, 3.8) is 0 Å². The summed E-state index contributed by atoms with van der Waals surface area (Å²) in [7, 11) is -3.96. The number of rotatable bonds is 3. The molecule has 9 aromatic rings. The van der Waals surface area contributed by atoms with Gasteiger partial charge in [0.1, 0.15) is 0 Å². The van der Waals surface area contributed by atoms with Gasteiger partial charge in [-0.3, -0.25) is 0 Å². The molecule has 1 aliphatic carbocycles. The lowest BCUT2D eigenvalue weighted by Crippen LogP contribution is -2.38. The third kappa shape index (κ3) is 4.87. The standard InChI is InChI=1S/C51H33N3O2S/c1-32-14-13-18-35(30-32)49-52-48(34-16-3-2-4-17-34)53-50(54-49)36-26-28-41-39-21-8-7-20-38(39)40-22-9-10-23-42(40)51(45(41)31-36)43-24-11-12-25-46(43)57(55,56)47-37-19-6-5-15-33(37)27-29-44(47)51/h2-31H,1H3. The van der Waals surface area contributed by atoms with Gasteiger partial charge >= 0.3 is 0 Å². The Bertz CT molecular complexity index is 3230. The van der Waals surface area contributed by atoms with Crippen LogP contribution in [0.25, 0.3) is 67.2 Å². The largest absolute Gasteiger partial charge is 0.218 e. The quantitative estimate of drug-likeness (QED) is 0.180. The maximum atomic E-state index is 15.1. The lowest BCUT2D eigenvalue weighted by molar-refractivity contribution is 0.581. The molecule has 8 aromatic carbocycles. The van der Waals surface area contributed by atoms with E-state index in [1.807, 2.05) is 91.0 Å². The van der Waals surface area contributed by atoms with Crippen molar-refractivity contribution in [1.82, 2.24) is 15.0 Å². The monoisotopic (exact) mass is 751 g/mol. The smallest absolute Gasteiger partial charge is 0.207 e. The second-order valence-electron chi connectivity index (χ2n) is 14.8. The average Bonchev–Trinajstić information content (AvgIpc) is 3.37. The molecular formula is C51H33N3O2S. The molecule has 2 heterocycles. The van der Waals surface area contributed by atoms with Crippen molar-refractivity contribution in [3.8, 4) is 56.4 Å². The van der Waals surface area contributed by atoms with E-state index in [1.165, 1.54) is 0 Å². The summed E-state index contributed by atoms with van der Waals surface area (Å²) in [5, 5.41) is 1.57. The molecule has 1 aromatic heterocycles. The summed E-state index contributed by atoms with van der Waals surface area (Å²) in [4.78, 5) is 16.0. The minimum atomic E-state index is -3.96. The van der Waals surface area contributed by atoms with Gasteiger partial charge in [-0.15, -0.1) is 0 Å². The Balaban J connectivity index is 1.30. The van der Waals surface area contributed by atoms with Gasteiger partial charge in [0.15, 0.2) is 17.5 Å². The van der Waals surface area contributed by atoms with Crippen LogP contribution in [0, 0.1) is 6.92 Å². The molecule has 1 spiro atoms. The number of nitrogens with zero attached hydrogens (tertiary/aromatic N) is 3. The van der Waals surface area contributed by atoms with E-state index in [4.69, 9.17) is 15.0 Å². The first-order chi connectivity index (χ1) is 27.9. The van der Waals surface area contributed by atoms with Crippen molar-refractivity contribution in [2.75, 3.05) is 0 Å². The maximum Gasteiger partial charge on any atom is 0.207 e. The predicted octanol–water partition coefficient (Wildman–Crippen LogP) is 11.5. The summed E-state index contributed by atoms with van der Waals surface area (Å²) in [6.45, 7) is 2.06. The first kappa shape index (κ1) is 33.3. The number of sulfone groups is 1. The minimum absolute atomic E-state index is 0.305. The van der Waals surface area contributed by atoms with Gasteiger partial charge in [-0.1, -0.05) is 169 Å². The maximum absolute atomic E-state index is 15.1. The van der Waals surface area contributed by atoms with Crippen LogP contribution in [0.4, 0.5) is 0 Å². The van der Waals surface area contributed by atoms with Crippen LogP contribution in [0.3, 0.4) is 0 Å². The lowest BCUT2D eigenvalue weighted by Gasteiger charge is -2.43. The third-order valence-corrected chi connectivity index (χ3v) is 13.5. The van der Waals surface area contributed by atoms with E-state index >= 15 is 8.42 Å². The van der Waals surface area contributed by atoms with E-state index in [-0.39, 0.29) is 0 Å². The van der Waals surface area contributed by atoms with Crippen LogP contribution in [0.15, 0.2) is 192 Å². The van der Waals surface area contributed by atoms with Gasteiger partial charge in [-0.2, -0.15) is 0 Å². The molecule has 2 aliphatic rings. The van der Waals surface area contributed by atoms with Crippen molar-refractivity contribution in [2.45, 2.75) is 22.1 Å². The van der Waals surface area contributed by atoms with E-state index in [2.05, 4.69) is 91.9 Å². The fourth-order valence-corrected chi connectivity index (χ4v) is 11.2. The Morgan fingerprint density at radius 2 is 1.00 bits per heavy atom. The van der Waals surface area contributed by atoms with Crippen LogP contribution in [0.1, 0.15) is 27.8 Å². The fourth-order valence-electron chi connectivity index (χ4n) is 9.18. The predicted molar refractivity (Wildman–Crippen MR) is 227 cm³/mol. The highest BCUT2D eigenvalue weighted by molar-refractivity contribution is 7.92. The molecule has 270 valence electrons. The number of benzene rings is 8. The number of aromatic nitrogens is 3. The topological polar surface area (TPSA) is 72.8 Å². The van der Waals surface area contributed by atoms with Gasteiger partial charge in [0, 0.05) is 22.1 Å². The van der Waals surface area contributed by atoms with Crippen molar-refractivity contribution in [1.29, 1.82) is 0 Å². The second-order valence-corrected chi connectivity index (χ2v) is 16.7. The van der Waals surface area contributed by atoms with Crippen LogP contribution in [0.2, 0.25) is 0 Å². The van der Waals surface area contributed by atoms with E-state index < -0.39 is 15.3 Å². The molecule has 1 unspecified atom stereocenters. The highest BCUT2D eigenvalue weighted by Crippen LogP contribution is 2.60. The third-order valence-electron chi connectivity index (χ3n) is 11.6. The first-order valence-electron chi connectivity index (χ1n) is 19.0. The van der Waals surface area contributed by atoms with Gasteiger partial charge in [0.25, 0.3) is 0 Å².